The molecule has 3 N–H and O–H groups in total. The van der Waals surface area contributed by atoms with Gasteiger partial charge in [-0.25, -0.2) is 9.48 Å². The van der Waals surface area contributed by atoms with Crippen molar-refractivity contribution in [3.8, 4) is 5.69 Å². The van der Waals surface area contributed by atoms with Gasteiger partial charge < -0.3 is 15.7 Å². The first-order valence-corrected chi connectivity index (χ1v) is 7.86. The summed E-state index contributed by atoms with van der Waals surface area (Å²) in [7, 11) is 0. The van der Waals surface area contributed by atoms with Crippen LogP contribution in [0.2, 0.25) is 5.02 Å². The molecule has 0 bridgehead atoms. The molecule has 6 nitrogen and oxygen atoms in total. The monoisotopic (exact) mass is 336 g/mol. The lowest BCUT2D eigenvalue weighted by Gasteiger charge is -2.14. The summed E-state index contributed by atoms with van der Waals surface area (Å²) in [4.78, 5) is 11.9. The van der Waals surface area contributed by atoms with E-state index in [0.29, 0.717) is 23.7 Å². The van der Waals surface area contributed by atoms with Gasteiger partial charge in [-0.1, -0.05) is 30.7 Å². The second kappa shape index (κ2) is 7.99. The minimum atomic E-state index is -0.372. The highest BCUT2D eigenvalue weighted by Gasteiger charge is 2.10. The van der Waals surface area contributed by atoms with Crippen molar-refractivity contribution in [1.29, 1.82) is 0 Å². The van der Waals surface area contributed by atoms with E-state index in [2.05, 4.69) is 15.7 Å². The summed E-state index contributed by atoms with van der Waals surface area (Å²) >= 11 is 6.12. The molecule has 124 valence electrons. The topological polar surface area (TPSA) is 79.2 Å². The van der Waals surface area contributed by atoms with Gasteiger partial charge in [0.25, 0.3) is 0 Å². The number of carbonyl (C=O) groups is 1. The van der Waals surface area contributed by atoms with Gasteiger partial charge in [-0.15, -0.1) is 0 Å². The number of hydrogen-bond acceptors (Lipinski definition) is 3. The lowest BCUT2D eigenvalue weighted by atomic mass is 10.1. The number of aliphatic hydroxyl groups is 1. The van der Waals surface area contributed by atoms with Crippen molar-refractivity contribution in [1.82, 2.24) is 15.1 Å². The summed E-state index contributed by atoms with van der Waals surface area (Å²) in [5.74, 6) is 0.201. The molecule has 2 atom stereocenters. The Morgan fingerprint density at radius 3 is 2.83 bits per heavy atom. The average Bonchev–Trinajstić information content (AvgIpc) is 2.93. The van der Waals surface area contributed by atoms with Crippen molar-refractivity contribution in [2.45, 2.75) is 26.4 Å². The van der Waals surface area contributed by atoms with Crippen molar-refractivity contribution >= 4 is 23.3 Å². The minimum absolute atomic E-state index is 0.201. The summed E-state index contributed by atoms with van der Waals surface area (Å²) in [5, 5.41) is 19.6. The maximum atomic E-state index is 11.9. The fourth-order valence-corrected chi connectivity index (χ4v) is 2.49. The van der Waals surface area contributed by atoms with Crippen LogP contribution in [0.1, 0.15) is 20.3 Å². The number of anilines is 1. The fraction of sp³-hybridized carbons (Fsp3) is 0.375. The first kappa shape index (κ1) is 17.3. The number of nitrogens with zero attached hydrogens (tertiary/aromatic N) is 2. The molecule has 7 heteroatoms. The van der Waals surface area contributed by atoms with Gasteiger partial charge in [0, 0.05) is 6.54 Å². The van der Waals surface area contributed by atoms with E-state index in [0.717, 1.165) is 5.69 Å². The number of benzene rings is 1. The largest absolute Gasteiger partial charge is 0.393 e. The van der Waals surface area contributed by atoms with Crippen LogP contribution in [0.25, 0.3) is 5.69 Å². The zero-order valence-electron chi connectivity index (χ0n) is 13.2. The van der Waals surface area contributed by atoms with E-state index >= 15 is 0 Å². The van der Waals surface area contributed by atoms with Gasteiger partial charge in [-0.3, -0.25) is 0 Å². The minimum Gasteiger partial charge on any atom is -0.393 e. The number of hydrogen-bond donors (Lipinski definition) is 3. The molecule has 0 saturated heterocycles. The number of amides is 2. The van der Waals surface area contributed by atoms with Crippen LogP contribution in [0.15, 0.2) is 36.7 Å². The standard InChI is InChI=1S/C16H21ClN4O2/c1-11(7-12(2)22)8-18-16(23)20-13-9-19-21(10-13)15-6-4-3-5-14(15)17/h3-6,9-12,22H,7-8H2,1-2H3,(H2,18,20,23)/t11-,12+/m1/s1. The molecule has 2 aromatic rings. The highest BCUT2D eigenvalue weighted by atomic mass is 35.5. The van der Waals surface area contributed by atoms with Crippen LogP contribution in [0.4, 0.5) is 10.5 Å². The second-order valence-electron chi connectivity index (χ2n) is 5.65. The number of nitrogens with one attached hydrogen (secondary N) is 2. The van der Waals surface area contributed by atoms with Gasteiger partial charge in [-0.05, 0) is 31.4 Å². The number of rotatable bonds is 6. The molecule has 1 heterocycles. The SMILES string of the molecule is C[C@@H](CNC(=O)Nc1cnn(-c2ccccc2Cl)c1)C[C@H](C)O. The predicted molar refractivity (Wildman–Crippen MR) is 91.1 cm³/mol. The van der Waals surface area contributed by atoms with Crippen molar-refractivity contribution in [3.05, 3.63) is 41.7 Å². The smallest absolute Gasteiger partial charge is 0.319 e. The molecular weight excluding hydrogens is 316 g/mol. The lowest BCUT2D eigenvalue weighted by molar-refractivity contribution is 0.163. The summed E-state index contributed by atoms with van der Waals surface area (Å²) in [6.45, 7) is 4.21. The number of carbonyl (C=O) groups excluding carboxylic acids is 1. The normalized spacial score (nSPS) is 13.4. The first-order chi connectivity index (χ1) is 11.0. The van der Waals surface area contributed by atoms with E-state index in [-0.39, 0.29) is 18.1 Å². The fourth-order valence-electron chi connectivity index (χ4n) is 2.26. The summed E-state index contributed by atoms with van der Waals surface area (Å²) < 4.78 is 1.61. The molecule has 0 radical (unpaired) electrons. The molecule has 2 amide bonds. The second-order valence-corrected chi connectivity index (χ2v) is 6.06. The van der Waals surface area contributed by atoms with E-state index in [1.165, 1.54) is 0 Å². The lowest BCUT2D eigenvalue weighted by Crippen LogP contribution is -2.33. The van der Waals surface area contributed by atoms with E-state index < -0.39 is 0 Å². The Balaban J connectivity index is 1.89. The quantitative estimate of drug-likeness (QED) is 0.758. The Bertz CT molecular complexity index is 657. The van der Waals surface area contributed by atoms with Gasteiger partial charge in [0.05, 0.1) is 34.9 Å². The van der Waals surface area contributed by atoms with Crippen LogP contribution in [-0.4, -0.2) is 33.6 Å². The van der Waals surface area contributed by atoms with E-state index in [4.69, 9.17) is 11.6 Å². The Labute approximate surface area is 140 Å². The number of urea groups is 1. The predicted octanol–water partition coefficient (Wildman–Crippen LogP) is 3.05. The molecule has 0 aliphatic carbocycles. The Morgan fingerprint density at radius 2 is 2.13 bits per heavy atom. The third-order valence-electron chi connectivity index (χ3n) is 3.29. The van der Waals surface area contributed by atoms with Crippen LogP contribution in [0.3, 0.4) is 0 Å². The molecule has 2 rings (SSSR count). The van der Waals surface area contributed by atoms with Gasteiger partial charge in [0.15, 0.2) is 0 Å². The van der Waals surface area contributed by atoms with E-state index in [1.54, 1.807) is 30.1 Å². The third-order valence-corrected chi connectivity index (χ3v) is 3.61. The molecule has 1 aromatic carbocycles. The highest BCUT2D eigenvalue weighted by molar-refractivity contribution is 6.32. The third kappa shape index (κ3) is 5.26. The van der Waals surface area contributed by atoms with E-state index in [9.17, 15) is 9.90 Å². The molecular formula is C16H21ClN4O2. The van der Waals surface area contributed by atoms with Crippen molar-refractivity contribution in [3.63, 3.8) is 0 Å². The zero-order valence-corrected chi connectivity index (χ0v) is 13.9. The molecule has 0 aliphatic rings. The zero-order chi connectivity index (χ0) is 16.8. The number of aliphatic hydroxyl groups excluding tert-OH is 1. The van der Waals surface area contributed by atoms with Gasteiger partial charge in [0.1, 0.15) is 0 Å². The molecule has 0 unspecified atom stereocenters. The number of halogens is 1. The van der Waals surface area contributed by atoms with Crippen LogP contribution in [0, 0.1) is 5.92 Å². The Kier molecular flexibility index (Phi) is 6.01. The molecule has 0 fully saturated rings. The van der Waals surface area contributed by atoms with Gasteiger partial charge in [0.2, 0.25) is 0 Å². The molecule has 0 spiro atoms. The highest BCUT2D eigenvalue weighted by Crippen LogP contribution is 2.20. The average molecular weight is 337 g/mol. The summed E-state index contributed by atoms with van der Waals surface area (Å²) in [6.07, 6.45) is 3.52. The number of para-hydroxylation sites is 1. The van der Waals surface area contributed by atoms with E-state index in [1.807, 2.05) is 25.1 Å². The first-order valence-electron chi connectivity index (χ1n) is 7.48. The molecule has 23 heavy (non-hydrogen) atoms. The summed E-state index contributed by atoms with van der Waals surface area (Å²) in [6, 6.07) is 7.03. The Hall–Kier alpha value is -2.05. The number of aromatic nitrogens is 2. The van der Waals surface area contributed by atoms with Crippen LogP contribution < -0.4 is 10.6 Å². The molecule has 0 aliphatic heterocycles. The van der Waals surface area contributed by atoms with Crippen LogP contribution >= 0.6 is 11.6 Å². The molecule has 0 saturated carbocycles. The maximum absolute atomic E-state index is 11.9. The van der Waals surface area contributed by atoms with Gasteiger partial charge >= 0.3 is 6.03 Å². The van der Waals surface area contributed by atoms with Crippen molar-refractivity contribution in [2.24, 2.45) is 5.92 Å². The van der Waals surface area contributed by atoms with Crippen molar-refractivity contribution < 1.29 is 9.90 Å². The Morgan fingerprint density at radius 1 is 1.39 bits per heavy atom. The van der Waals surface area contributed by atoms with Crippen molar-refractivity contribution in [2.75, 3.05) is 11.9 Å². The summed E-state index contributed by atoms with van der Waals surface area (Å²) in [5.41, 5.74) is 1.32. The molecule has 1 aromatic heterocycles. The van der Waals surface area contributed by atoms with Crippen LogP contribution in [-0.2, 0) is 0 Å². The maximum Gasteiger partial charge on any atom is 0.319 e. The van der Waals surface area contributed by atoms with Gasteiger partial charge in [-0.2, -0.15) is 5.10 Å². The van der Waals surface area contributed by atoms with Crippen LogP contribution in [0.5, 0.6) is 0 Å².